The molecule has 70 heavy (non-hydrogen) atoms. The maximum atomic E-state index is 6.33. The van der Waals surface area contributed by atoms with E-state index in [0.717, 1.165) is 66.9 Å². The highest BCUT2D eigenvalue weighted by atomic mass is 16.3. The second-order valence-electron chi connectivity index (χ2n) is 18.4. The Labute approximate surface area is 406 Å². The molecule has 1 aliphatic rings. The van der Waals surface area contributed by atoms with Gasteiger partial charge in [-0.1, -0.05) is 200 Å². The first kappa shape index (κ1) is 39.9. The summed E-state index contributed by atoms with van der Waals surface area (Å²) in [6.07, 6.45) is 0. The van der Waals surface area contributed by atoms with Crippen molar-refractivity contribution < 1.29 is 4.42 Å². The second kappa shape index (κ2) is 16.0. The predicted octanol–water partition coefficient (Wildman–Crippen LogP) is 17.8. The molecule has 0 fully saturated rings. The minimum absolute atomic E-state index is 0.527. The van der Waals surface area contributed by atoms with Gasteiger partial charge in [0, 0.05) is 44.2 Å². The number of nitrogens with zero attached hydrogens (tertiary/aromatic N) is 2. The zero-order valence-electron chi connectivity index (χ0n) is 38.2. The van der Waals surface area contributed by atoms with E-state index < -0.39 is 5.41 Å². The van der Waals surface area contributed by atoms with Gasteiger partial charge < -0.3 is 13.9 Å². The Hall–Kier alpha value is -9.18. The average molecular weight is 893 g/mol. The number of fused-ring (bicyclic) bond motifs is 9. The molecule has 0 saturated carbocycles. The minimum atomic E-state index is -0.527. The molecule has 0 amide bonds. The normalized spacial score (nSPS) is 12.7. The molecule has 0 aliphatic heterocycles. The maximum Gasteiger partial charge on any atom is 0.136 e. The highest BCUT2D eigenvalue weighted by Gasteiger charge is 2.47. The summed E-state index contributed by atoms with van der Waals surface area (Å²) in [5.41, 5.74) is 20.2. The van der Waals surface area contributed by atoms with Crippen molar-refractivity contribution in [2.24, 2.45) is 0 Å². The third-order valence-corrected chi connectivity index (χ3v) is 14.7. The largest absolute Gasteiger partial charge is 0.456 e. The molecule has 0 atom stereocenters. The van der Waals surface area contributed by atoms with Gasteiger partial charge >= 0.3 is 0 Å². The van der Waals surface area contributed by atoms with Crippen LogP contribution in [0.25, 0.3) is 82.8 Å². The molecule has 0 saturated heterocycles. The van der Waals surface area contributed by atoms with Crippen molar-refractivity contribution in [2.75, 3.05) is 4.90 Å². The maximum absolute atomic E-state index is 6.33. The molecule has 0 radical (unpaired) electrons. The molecule has 3 heteroatoms. The van der Waals surface area contributed by atoms with E-state index in [2.05, 4.69) is 264 Å². The van der Waals surface area contributed by atoms with E-state index in [1.807, 2.05) is 12.1 Å². The van der Waals surface area contributed by atoms with Gasteiger partial charge in [0.25, 0.3) is 0 Å². The lowest BCUT2D eigenvalue weighted by atomic mass is 9.68. The fraction of sp³-hybridized carbons (Fsp3) is 0.0149. The zero-order valence-corrected chi connectivity index (χ0v) is 38.2. The summed E-state index contributed by atoms with van der Waals surface area (Å²) in [4.78, 5) is 2.45. The monoisotopic (exact) mass is 892 g/mol. The van der Waals surface area contributed by atoms with Crippen LogP contribution in [0.15, 0.2) is 271 Å². The first-order chi connectivity index (χ1) is 34.7. The van der Waals surface area contributed by atoms with Gasteiger partial charge in [0.2, 0.25) is 0 Å². The number of rotatable bonds is 8. The number of furan rings is 1. The standard InChI is InChI=1S/C67H44N2O/c1-3-17-48(18-4-1)67(49-19-5-2-6-20-49)58-26-11-7-23-56(58)66-59(67)27-16-30-62(66)68(51-43-37-47(38-44-51)53-25-15-32-64-65(53)57-24-10-14-31-63(57)70-64)50-39-33-45(34-40-50)46-35-41-52(42-36-46)69-60-28-12-8-21-54(60)55-22-9-13-29-61(55)69/h1-44H. The van der Waals surface area contributed by atoms with Crippen LogP contribution in [0.1, 0.15) is 22.3 Å². The first-order valence-corrected chi connectivity index (χ1v) is 24.1. The van der Waals surface area contributed by atoms with Gasteiger partial charge in [-0.2, -0.15) is 0 Å². The smallest absolute Gasteiger partial charge is 0.136 e. The summed E-state index contributed by atoms with van der Waals surface area (Å²) in [5.74, 6) is 0. The van der Waals surface area contributed by atoms with Crippen LogP contribution in [-0.4, -0.2) is 4.57 Å². The Morgan fingerprint density at radius 3 is 1.49 bits per heavy atom. The Bertz CT molecular complexity index is 4000. The quantitative estimate of drug-likeness (QED) is 0.152. The van der Waals surface area contributed by atoms with Crippen LogP contribution >= 0.6 is 0 Å². The van der Waals surface area contributed by atoms with E-state index in [-0.39, 0.29) is 0 Å². The van der Waals surface area contributed by atoms with Crippen molar-refractivity contribution in [1.29, 1.82) is 0 Å². The van der Waals surface area contributed by atoms with Crippen molar-refractivity contribution in [3.05, 3.63) is 289 Å². The molecule has 3 nitrogen and oxygen atoms in total. The molecule has 0 unspecified atom stereocenters. The molecule has 14 rings (SSSR count). The number of hydrogen-bond acceptors (Lipinski definition) is 2. The van der Waals surface area contributed by atoms with E-state index in [0.29, 0.717) is 0 Å². The van der Waals surface area contributed by atoms with Crippen LogP contribution in [0.5, 0.6) is 0 Å². The van der Waals surface area contributed by atoms with Crippen molar-refractivity contribution in [3.63, 3.8) is 0 Å². The van der Waals surface area contributed by atoms with Crippen molar-refractivity contribution >= 4 is 60.8 Å². The Balaban J connectivity index is 0.925. The van der Waals surface area contributed by atoms with Gasteiger partial charge in [-0.05, 0) is 117 Å². The molecular formula is C67H44N2O. The average Bonchev–Trinajstić information content (AvgIpc) is 4.09. The summed E-state index contributed by atoms with van der Waals surface area (Å²) in [5, 5.41) is 4.79. The lowest BCUT2D eigenvalue weighted by molar-refractivity contribution is 0.669. The van der Waals surface area contributed by atoms with Gasteiger partial charge in [-0.3, -0.25) is 0 Å². The van der Waals surface area contributed by atoms with Crippen LogP contribution in [0, 0.1) is 0 Å². The third-order valence-electron chi connectivity index (χ3n) is 14.7. The fourth-order valence-corrected chi connectivity index (χ4v) is 11.7. The van der Waals surface area contributed by atoms with Crippen LogP contribution in [0.3, 0.4) is 0 Å². The van der Waals surface area contributed by atoms with Gasteiger partial charge in [-0.25, -0.2) is 0 Å². The van der Waals surface area contributed by atoms with Crippen LogP contribution in [0.4, 0.5) is 17.1 Å². The second-order valence-corrected chi connectivity index (χ2v) is 18.4. The third kappa shape index (κ3) is 6.01. The highest BCUT2D eigenvalue weighted by molar-refractivity contribution is 6.13. The van der Waals surface area contributed by atoms with E-state index in [9.17, 15) is 0 Å². The molecule has 11 aromatic carbocycles. The molecular weight excluding hydrogens is 849 g/mol. The number of aromatic nitrogens is 1. The zero-order chi connectivity index (χ0) is 46.2. The number of hydrogen-bond donors (Lipinski definition) is 0. The molecule has 328 valence electrons. The Morgan fingerprint density at radius 1 is 0.343 bits per heavy atom. The Morgan fingerprint density at radius 2 is 0.829 bits per heavy atom. The SMILES string of the molecule is c1ccc(C2(c3ccccc3)c3ccccc3-c3c(N(c4ccc(-c5ccc(-n6c7ccccc7c7ccccc76)cc5)cc4)c4ccc(-c5cccc6oc7ccccc7c56)cc4)cccc32)cc1. The van der Waals surface area contributed by atoms with E-state index in [1.165, 1.54) is 55.2 Å². The lowest BCUT2D eigenvalue weighted by Gasteiger charge is -2.34. The van der Waals surface area contributed by atoms with Crippen LogP contribution < -0.4 is 4.90 Å². The predicted molar refractivity (Wildman–Crippen MR) is 291 cm³/mol. The summed E-state index contributed by atoms with van der Waals surface area (Å²) in [6.45, 7) is 0. The summed E-state index contributed by atoms with van der Waals surface area (Å²) in [7, 11) is 0. The van der Waals surface area contributed by atoms with E-state index in [4.69, 9.17) is 4.42 Å². The van der Waals surface area contributed by atoms with Gasteiger partial charge in [0.05, 0.1) is 22.1 Å². The summed E-state index contributed by atoms with van der Waals surface area (Å²) in [6, 6.07) is 97.3. The van der Waals surface area contributed by atoms with Crippen molar-refractivity contribution in [2.45, 2.75) is 5.41 Å². The van der Waals surface area contributed by atoms with Gasteiger partial charge in [0.15, 0.2) is 0 Å². The lowest BCUT2D eigenvalue weighted by Crippen LogP contribution is -2.28. The first-order valence-electron chi connectivity index (χ1n) is 24.1. The van der Waals surface area contributed by atoms with Gasteiger partial charge in [-0.15, -0.1) is 0 Å². The molecule has 0 spiro atoms. The topological polar surface area (TPSA) is 21.3 Å². The highest BCUT2D eigenvalue weighted by Crippen LogP contribution is 2.59. The van der Waals surface area contributed by atoms with Crippen molar-refractivity contribution in [1.82, 2.24) is 4.57 Å². The Kier molecular flexibility index (Phi) is 9.11. The summed E-state index contributed by atoms with van der Waals surface area (Å²) >= 11 is 0. The van der Waals surface area contributed by atoms with Crippen molar-refractivity contribution in [3.8, 4) is 39.1 Å². The van der Waals surface area contributed by atoms with Gasteiger partial charge in [0.1, 0.15) is 11.2 Å². The van der Waals surface area contributed by atoms with Crippen LogP contribution in [-0.2, 0) is 5.41 Å². The van der Waals surface area contributed by atoms with E-state index >= 15 is 0 Å². The summed E-state index contributed by atoms with van der Waals surface area (Å²) < 4.78 is 8.70. The molecule has 13 aromatic rings. The number of anilines is 3. The molecule has 0 bridgehead atoms. The van der Waals surface area contributed by atoms with E-state index in [1.54, 1.807) is 0 Å². The fourth-order valence-electron chi connectivity index (χ4n) is 11.7. The number of para-hydroxylation sites is 3. The minimum Gasteiger partial charge on any atom is -0.456 e. The molecule has 2 heterocycles. The van der Waals surface area contributed by atoms with Crippen LogP contribution in [0.2, 0.25) is 0 Å². The molecule has 0 N–H and O–H groups in total. The number of benzene rings is 11. The molecule has 1 aliphatic carbocycles. The molecule has 2 aromatic heterocycles.